The third kappa shape index (κ3) is 4.26. The van der Waals surface area contributed by atoms with Crippen LogP contribution in [0, 0.1) is 10.1 Å². The second-order valence-electron chi connectivity index (χ2n) is 4.83. The summed E-state index contributed by atoms with van der Waals surface area (Å²) in [6.45, 7) is 2.13. The molecule has 0 aliphatic rings. The molecule has 0 fully saturated rings. The molecule has 0 radical (unpaired) electrons. The van der Waals surface area contributed by atoms with Gasteiger partial charge >= 0.3 is 0 Å². The zero-order valence-electron chi connectivity index (χ0n) is 11.5. The highest BCUT2D eigenvalue weighted by Crippen LogP contribution is 2.22. The van der Waals surface area contributed by atoms with Gasteiger partial charge in [0.1, 0.15) is 7.05 Å². The average molecular weight is 384 g/mol. The molecule has 5 heteroatoms. The summed E-state index contributed by atoms with van der Waals surface area (Å²) in [6.07, 6.45) is 4.98. The minimum Gasteiger partial charge on any atom is -1.00 e. The van der Waals surface area contributed by atoms with Gasteiger partial charge in [0, 0.05) is 24.3 Å². The summed E-state index contributed by atoms with van der Waals surface area (Å²) in [6, 6.07) is 11.0. The van der Waals surface area contributed by atoms with Gasteiger partial charge in [-0.3, -0.25) is 10.1 Å². The minimum absolute atomic E-state index is 0. The first kappa shape index (κ1) is 16.6. The molecule has 0 aliphatic carbocycles. The lowest BCUT2D eigenvalue weighted by Crippen LogP contribution is -3.00. The quantitative estimate of drug-likeness (QED) is 0.317. The first-order valence-corrected chi connectivity index (χ1v) is 6.25. The molecular formula is C15H17IN2O2. The largest absolute Gasteiger partial charge is 1.00 e. The summed E-state index contributed by atoms with van der Waals surface area (Å²) in [4.78, 5) is 10.2. The summed E-state index contributed by atoms with van der Waals surface area (Å²) in [5.74, 6) is 0.341. The zero-order chi connectivity index (χ0) is 13.8. The SMILES string of the molecule is CC(Cc1cc[n+](C)cc1)c1ccc([N+](=O)[O-])cc1.[I-]. The van der Waals surface area contributed by atoms with Crippen LogP contribution in [0.25, 0.3) is 0 Å². The average Bonchev–Trinajstić information content (AvgIpc) is 2.41. The molecule has 0 spiro atoms. The molecule has 0 aliphatic heterocycles. The Labute approximate surface area is 135 Å². The van der Waals surface area contributed by atoms with Crippen LogP contribution < -0.4 is 28.5 Å². The van der Waals surface area contributed by atoms with Crippen molar-refractivity contribution in [2.75, 3.05) is 0 Å². The number of aryl methyl sites for hydroxylation is 1. The van der Waals surface area contributed by atoms with E-state index in [-0.39, 0.29) is 34.6 Å². The second-order valence-corrected chi connectivity index (χ2v) is 4.83. The van der Waals surface area contributed by atoms with Gasteiger partial charge in [0.05, 0.1) is 4.92 Å². The van der Waals surface area contributed by atoms with Crippen LogP contribution in [0.2, 0.25) is 0 Å². The number of pyridine rings is 1. The maximum absolute atomic E-state index is 10.6. The Hall–Kier alpha value is -1.50. The third-order valence-electron chi connectivity index (χ3n) is 3.26. The van der Waals surface area contributed by atoms with Crippen molar-refractivity contribution in [1.29, 1.82) is 0 Å². The predicted molar refractivity (Wildman–Crippen MR) is 72.8 cm³/mol. The standard InChI is InChI=1S/C15H17N2O2.HI/c1-12(11-13-7-9-16(2)10-8-13)14-3-5-15(6-4-14)17(18)19;/h3-10,12H,11H2,1-2H3;1H/q+1;/p-1. The van der Waals surface area contributed by atoms with Crippen molar-refractivity contribution in [3.8, 4) is 0 Å². The number of nitro benzene ring substituents is 1. The van der Waals surface area contributed by atoms with Crippen molar-refractivity contribution in [3.63, 3.8) is 0 Å². The van der Waals surface area contributed by atoms with Crippen molar-refractivity contribution in [2.24, 2.45) is 7.05 Å². The maximum Gasteiger partial charge on any atom is 0.269 e. The highest BCUT2D eigenvalue weighted by molar-refractivity contribution is 5.34. The first-order valence-electron chi connectivity index (χ1n) is 6.25. The van der Waals surface area contributed by atoms with Gasteiger partial charge < -0.3 is 24.0 Å². The van der Waals surface area contributed by atoms with Gasteiger partial charge in [-0.2, -0.15) is 0 Å². The van der Waals surface area contributed by atoms with Crippen molar-refractivity contribution >= 4 is 5.69 Å². The molecule has 2 rings (SSSR count). The fourth-order valence-electron chi connectivity index (χ4n) is 2.06. The van der Waals surface area contributed by atoms with E-state index in [1.54, 1.807) is 12.1 Å². The van der Waals surface area contributed by atoms with E-state index >= 15 is 0 Å². The lowest BCUT2D eigenvalue weighted by Gasteiger charge is -2.11. The van der Waals surface area contributed by atoms with Crippen molar-refractivity contribution in [1.82, 2.24) is 0 Å². The molecule has 4 nitrogen and oxygen atoms in total. The number of nitrogens with zero attached hydrogens (tertiary/aromatic N) is 2. The number of rotatable bonds is 4. The van der Waals surface area contributed by atoms with Crippen LogP contribution in [0.4, 0.5) is 5.69 Å². The highest BCUT2D eigenvalue weighted by atomic mass is 127. The molecule has 2 aromatic rings. The number of nitro groups is 1. The highest BCUT2D eigenvalue weighted by Gasteiger charge is 2.10. The van der Waals surface area contributed by atoms with Gasteiger partial charge in [-0.1, -0.05) is 19.1 Å². The van der Waals surface area contributed by atoms with Crippen LogP contribution in [0.3, 0.4) is 0 Å². The Morgan fingerprint density at radius 1 is 1.15 bits per heavy atom. The van der Waals surface area contributed by atoms with E-state index in [0.717, 1.165) is 12.0 Å². The molecular weight excluding hydrogens is 367 g/mol. The summed E-state index contributed by atoms with van der Waals surface area (Å²) < 4.78 is 2.00. The van der Waals surface area contributed by atoms with Gasteiger partial charge in [-0.15, -0.1) is 0 Å². The minimum atomic E-state index is -0.369. The molecule has 0 amide bonds. The van der Waals surface area contributed by atoms with Crippen molar-refractivity contribution in [3.05, 3.63) is 70.0 Å². The monoisotopic (exact) mass is 384 g/mol. The summed E-state index contributed by atoms with van der Waals surface area (Å²) in [5.41, 5.74) is 2.53. The Balaban J connectivity index is 0.00000200. The Morgan fingerprint density at radius 3 is 2.20 bits per heavy atom. The van der Waals surface area contributed by atoms with E-state index < -0.39 is 0 Å². The van der Waals surface area contributed by atoms with E-state index in [0.29, 0.717) is 5.92 Å². The van der Waals surface area contributed by atoms with Gasteiger partial charge in [-0.05, 0) is 23.5 Å². The number of aromatic nitrogens is 1. The van der Waals surface area contributed by atoms with Crippen LogP contribution in [0.15, 0.2) is 48.8 Å². The molecule has 1 atom stereocenters. The van der Waals surface area contributed by atoms with Gasteiger partial charge in [0.25, 0.3) is 5.69 Å². The van der Waals surface area contributed by atoms with Crippen molar-refractivity contribution < 1.29 is 33.5 Å². The number of hydrogen-bond acceptors (Lipinski definition) is 2. The van der Waals surface area contributed by atoms with Crippen molar-refractivity contribution in [2.45, 2.75) is 19.3 Å². The molecule has 1 aromatic heterocycles. The lowest BCUT2D eigenvalue weighted by molar-refractivity contribution is -0.671. The molecule has 1 heterocycles. The Bertz CT molecular complexity index is 567. The normalized spacial score (nSPS) is 11.5. The Kier molecular flexibility index (Phi) is 6.06. The fourth-order valence-corrected chi connectivity index (χ4v) is 2.06. The fraction of sp³-hybridized carbons (Fsp3) is 0.267. The number of hydrogen-bond donors (Lipinski definition) is 0. The zero-order valence-corrected chi connectivity index (χ0v) is 13.6. The van der Waals surface area contributed by atoms with E-state index in [4.69, 9.17) is 0 Å². The topological polar surface area (TPSA) is 47.0 Å². The molecule has 0 saturated carbocycles. The van der Waals surface area contributed by atoms with Gasteiger partial charge in [0.2, 0.25) is 0 Å². The second kappa shape index (κ2) is 7.33. The van der Waals surface area contributed by atoms with Gasteiger partial charge in [0.15, 0.2) is 12.4 Å². The van der Waals surface area contributed by atoms with Crippen LogP contribution >= 0.6 is 0 Å². The van der Waals surface area contributed by atoms with E-state index in [1.165, 1.54) is 5.56 Å². The first-order chi connectivity index (χ1) is 9.06. The molecule has 1 aromatic carbocycles. The van der Waals surface area contributed by atoms with E-state index in [2.05, 4.69) is 19.1 Å². The molecule has 1 unspecified atom stereocenters. The molecule has 0 N–H and O–H groups in total. The Morgan fingerprint density at radius 2 is 1.70 bits per heavy atom. The van der Waals surface area contributed by atoms with E-state index in [1.807, 2.05) is 36.1 Å². The molecule has 20 heavy (non-hydrogen) atoms. The van der Waals surface area contributed by atoms with Crippen LogP contribution in [0.5, 0.6) is 0 Å². The smallest absolute Gasteiger partial charge is 0.269 e. The maximum atomic E-state index is 10.6. The van der Waals surface area contributed by atoms with Crippen LogP contribution in [-0.4, -0.2) is 4.92 Å². The molecule has 106 valence electrons. The predicted octanol–water partition coefficient (Wildman–Crippen LogP) is -0.230. The van der Waals surface area contributed by atoms with Crippen LogP contribution in [-0.2, 0) is 13.5 Å². The lowest BCUT2D eigenvalue weighted by atomic mass is 9.94. The molecule has 0 bridgehead atoms. The summed E-state index contributed by atoms with van der Waals surface area (Å²) >= 11 is 0. The third-order valence-corrected chi connectivity index (χ3v) is 3.26. The molecule has 0 saturated heterocycles. The summed E-state index contributed by atoms with van der Waals surface area (Å²) in [7, 11) is 1.99. The van der Waals surface area contributed by atoms with E-state index in [9.17, 15) is 10.1 Å². The number of non-ortho nitro benzene ring substituents is 1. The summed E-state index contributed by atoms with van der Waals surface area (Å²) in [5, 5.41) is 10.6. The van der Waals surface area contributed by atoms with Gasteiger partial charge in [-0.25, -0.2) is 4.57 Å². The van der Waals surface area contributed by atoms with Crippen LogP contribution in [0.1, 0.15) is 24.0 Å². The number of benzene rings is 1. The number of halogens is 1.